The number of aryl methyl sites for hydroxylation is 2. The Morgan fingerprint density at radius 3 is 2.55 bits per heavy atom. The van der Waals surface area contributed by atoms with Crippen LogP contribution in [0.5, 0.6) is 0 Å². The van der Waals surface area contributed by atoms with E-state index in [0.717, 1.165) is 23.2 Å². The largest absolute Gasteiger partial charge is 0.312 e. The van der Waals surface area contributed by atoms with Gasteiger partial charge in [0.2, 0.25) is 11.7 Å². The van der Waals surface area contributed by atoms with E-state index in [-0.39, 0.29) is 17.2 Å². The smallest absolute Gasteiger partial charge is 0.262 e. The second-order valence-corrected chi connectivity index (χ2v) is 8.25. The maximum absolute atomic E-state index is 13.0. The van der Waals surface area contributed by atoms with Crippen LogP contribution in [0.1, 0.15) is 25.8 Å². The topological polar surface area (TPSA) is 72.5 Å². The number of hydrogen-bond acceptors (Lipinski definition) is 5. The fraction of sp³-hybridized carbons (Fsp3) is 0.304. The Balaban J connectivity index is 1.70. The zero-order valence-corrected chi connectivity index (χ0v) is 18.7. The van der Waals surface area contributed by atoms with Gasteiger partial charge < -0.3 is 4.90 Å². The van der Waals surface area contributed by atoms with Gasteiger partial charge >= 0.3 is 0 Å². The van der Waals surface area contributed by atoms with Crippen molar-refractivity contribution in [3.63, 3.8) is 0 Å². The van der Waals surface area contributed by atoms with E-state index in [9.17, 15) is 9.59 Å². The van der Waals surface area contributed by atoms with Gasteiger partial charge in [0.1, 0.15) is 0 Å². The molecule has 1 amide bonds. The molecule has 0 spiro atoms. The first-order valence-corrected chi connectivity index (χ1v) is 11.4. The summed E-state index contributed by atoms with van der Waals surface area (Å²) in [5.74, 6) is 0.737. The Kier molecular flexibility index (Phi) is 6.08. The zero-order chi connectivity index (χ0) is 22.0. The number of hydrogen-bond donors (Lipinski definition) is 0. The van der Waals surface area contributed by atoms with Gasteiger partial charge in [-0.3, -0.25) is 18.6 Å². The molecule has 2 aromatic heterocycles. The molecule has 0 atom stereocenters. The van der Waals surface area contributed by atoms with Crippen molar-refractivity contribution in [2.75, 3.05) is 17.2 Å². The van der Waals surface area contributed by atoms with Crippen molar-refractivity contribution in [1.29, 1.82) is 0 Å². The third-order valence-corrected chi connectivity index (χ3v) is 6.19. The van der Waals surface area contributed by atoms with Crippen molar-refractivity contribution in [2.24, 2.45) is 0 Å². The van der Waals surface area contributed by atoms with Crippen LogP contribution in [-0.2, 0) is 11.3 Å². The average Bonchev–Trinajstić information content (AvgIpc) is 3.21. The number of aromatic nitrogens is 4. The number of rotatable bonds is 7. The van der Waals surface area contributed by atoms with Gasteiger partial charge in [-0.25, -0.2) is 0 Å². The summed E-state index contributed by atoms with van der Waals surface area (Å²) in [6, 6.07) is 15.3. The molecule has 0 aliphatic carbocycles. The fourth-order valence-electron chi connectivity index (χ4n) is 3.80. The molecule has 8 heteroatoms. The third-order valence-electron chi connectivity index (χ3n) is 5.27. The summed E-state index contributed by atoms with van der Waals surface area (Å²) in [6.07, 6.45) is 0.809. The highest BCUT2D eigenvalue weighted by molar-refractivity contribution is 7.99. The van der Waals surface area contributed by atoms with E-state index in [1.54, 1.807) is 9.47 Å². The van der Waals surface area contributed by atoms with E-state index < -0.39 is 0 Å². The van der Waals surface area contributed by atoms with Gasteiger partial charge in [0.05, 0.1) is 16.7 Å². The standard InChI is InChI=1S/C23H25N5O2S/c1-4-14-27-21(30)17-11-7-9-13-19(17)28-22(27)24-25-23(28)31-15-20(29)26(5-2)18-12-8-6-10-16(18)3/h6-13H,4-5,14-15H2,1-3H3. The summed E-state index contributed by atoms with van der Waals surface area (Å²) in [7, 11) is 0. The number of amides is 1. The summed E-state index contributed by atoms with van der Waals surface area (Å²) in [5, 5.41) is 9.84. The van der Waals surface area contributed by atoms with Gasteiger partial charge in [-0.2, -0.15) is 0 Å². The van der Waals surface area contributed by atoms with Crippen LogP contribution in [0.2, 0.25) is 0 Å². The Labute approximate surface area is 184 Å². The lowest BCUT2D eigenvalue weighted by atomic mass is 10.2. The van der Waals surface area contributed by atoms with Crippen LogP contribution in [0.4, 0.5) is 5.69 Å². The fourth-order valence-corrected chi connectivity index (χ4v) is 4.62. The number of carbonyl (C=O) groups is 1. The maximum Gasteiger partial charge on any atom is 0.262 e. The van der Waals surface area contributed by atoms with E-state index in [1.807, 2.05) is 73.7 Å². The molecule has 2 heterocycles. The summed E-state index contributed by atoms with van der Waals surface area (Å²) < 4.78 is 3.54. The molecule has 2 aromatic carbocycles. The zero-order valence-electron chi connectivity index (χ0n) is 17.9. The SMILES string of the molecule is CCCn1c(=O)c2ccccc2n2c(SCC(=O)N(CC)c3ccccc3C)nnc12. The molecule has 4 aromatic rings. The molecule has 0 radical (unpaired) electrons. The molecular formula is C23H25N5O2S. The van der Waals surface area contributed by atoms with Crippen molar-refractivity contribution in [2.45, 2.75) is 38.9 Å². The number of nitrogens with zero attached hydrogens (tertiary/aromatic N) is 5. The van der Waals surface area contributed by atoms with Crippen LogP contribution in [0, 0.1) is 6.92 Å². The van der Waals surface area contributed by atoms with Crippen LogP contribution < -0.4 is 10.5 Å². The van der Waals surface area contributed by atoms with Crippen LogP contribution in [-0.4, -0.2) is 37.4 Å². The van der Waals surface area contributed by atoms with E-state index in [0.29, 0.717) is 29.4 Å². The molecular weight excluding hydrogens is 410 g/mol. The summed E-state index contributed by atoms with van der Waals surface area (Å²) >= 11 is 1.34. The molecule has 0 aliphatic heterocycles. The lowest BCUT2D eigenvalue weighted by molar-refractivity contribution is -0.116. The highest BCUT2D eigenvalue weighted by Crippen LogP contribution is 2.24. The van der Waals surface area contributed by atoms with Gasteiger partial charge in [-0.05, 0) is 44.0 Å². The van der Waals surface area contributed by atoms with E-state index in [4.69, 9.17) is 0 Å². The Hall–Kier alpha value is -3.13. The molecule has 0 unspecified atom stereocenters. The Bertz CT molecular complexity index is 1310. The summed E-state index contributed by atoms with van der Waals surface area (Å²) in [5.41, 5.74) is 2.66. The minimum atomic E-state index is -0.0679. The van der Waals surface area contributed by atoms with Gasteiger partial charge in [-0.1, -0.05) is 49.0 Å². The molecule has 160 valence electrons. The number of fused-ring (bicyclic) bond motifs is 3. The van der Waals surface area contributed by atoms with Gasteiger partial charge in [0.15, 0.2) is 5.16 Å². The normalized spacial score (nSPS) is 11.3. The third kappa shape index (κ3) is 3.83. The second kappa shape index (κ2) is 8.93. The molecule has 0 saturated heterocycles. The molecule has 0 aliphatic rings. The molecule has 4 rings (SSSR count). The van der Waals surface area contributed by atoms with Crippen molar-refractivity contribution < 1.29 is 4.79 Å². The lowest BCUT2D eigenvalue weighted by Gasteiger charge is -2.22. The van der Waals surface area contributed by atoms with Crippen LogP contribution in [0.3, 0.4) is 0 Å². The van der Waals surface area contributed by atoms with Gasteiger partial charge in [-0.15, -0.1) is 10.2 Å². The van der Waals surface area contributed by atoms with Gasteiger partial charge in [0.25, 0.3) is 5.56 Å². The number of carbonyl (C=O) groups excluding carboxylic acids is 1. The van der Waals surface area contributed by atoms with E-state index >= 15 is 0 Å². The van der Waals surface area contributed by atoms with Gasteiger partial charge in [0, 0.05) is 18.8 Å². The molecule has 0 bridgehead atoms. The second-order valence-electron chi connectivity index (χ2n) is 7.31. The highest BCUT2D eigenvalue weighted by Gasteiger charge is 2.20. The number of para-hydroxylation sites is 2. The first kappa shape index (κ1) is 21.1. The minimum absolute atomic E-state index is 0.00438. The first-order chi connectivity index (χ1) is 15.1. The summed E-state index contributed by atoms with van der Waals surface area (Å²) in [6.45, 7) is 7.14. The summed E-state index contributed by atoms with van der Waals surface area (Å²) in [4.78, 5) is 27.8. The first-order valence-electron chi connectivity index (χ1n) is 10.4. The van der Waals surface area contributed by atoms with Crippen molar-refractivity contribution >= 4 is 40.0 Å². The molecule has 0 N–H and O–H groups in total. The predicted molar refractivity (Wildman–Crippen MR) is 125 cm³/mol. The number of thioether (sulfide) groups is 1. The molecule has 0 fully saturated rings. The maximum atomic E-state index is 13.0. The van der Waals surface area contributed by atoms with E-state index in [1.165, 1.54) is 11.8 Å². The number of anilines is 1. The van der Waals surface area contributed by atoms with Crippen molar-refractivity contribution in [3.8, 4) is 0 Å². The molecule has 0 saturated carbocycles. The Morgan fingerprint density at radius 1 is 1.06 bits per heavy atom. The van der Waals surface area contributed by atoms with Crippen molar-refractivity contribution in [1.82, 2.24) is 19.2 Å². The Morgan fingerprint density at radius 2 is 1.81 bits per heavy atom. The minimum Gasteiger partial charge on any atom is -0.312 e. The average molecular weight is 436 g/mol. The van der Waals surface area contributed by atoms with Crippen LogP contribution in [0.15, 0.2) is 58.5 Å². The number of benzene rings is 2. The van der Waals surface area contributed by atoms with E-state index in [2.05, 4.69) is 10.2 Å². The lowest BCUT2D eigenvalue weighted by Crippen LogP contribution is -2.32. The highest BCUT2D eigenvalue weighted by atomic mass is 32.2. The molecule has 7 nitrogen and oxygen atoms in total. The predicted octanol–water partition coefficient (Wildman–Crippen LogP) is 3.91. The van der Waals surface area contributed by atoms with Crippen LogP contribution in [0.25, 0.3) is 16.7 Å². The monoisotopic (exact) mass is 435 g/mol. The van der Waals surface area contributed by atoms with Crippen molar-refractivity contribution in [3.05, 3.63) is 64.4 Å². The van der Waals surface area contributed by atoms with Crippen LogP contribution >= 0.6 is 11.8 Å². The molecule has 31 heavy (non-hydrogen) atoms. The quantitative estimate of drug-likeness (QED) is 0.412.